The van der Waals surface area contributed by atoms with Crippen molar-refractivity contribution in [3.63, 3.8) is 0 Å². The fourth-order valence-electron chi connectivity index (χ4n) is 4.92. The lowest BCUT2D eigenvalue weighted by Crippen LogP contribution is -2.60. The van der Waals surface area contributed by atoms with Crippen molar-refractivity contribution in [3.8, 4) is 5.75 Å². The summed E-state index contributed by atoms with van der Waals surface area (Å²) in [4.78, 5) is 27.5. The molecule has 2 aliphatic rings. The number of aromatic amines is 1. The summed E-state index contributed by atoms with van der Waals surface area (Å²) in [6.45, 7) is 3.51. The number of amides is 2. The molecule has 2 aromatic carbocycles. The van der Waals surface area contributed by atoms with Crippen LogP contribution in [0.15, 0.2) is 60.7 Å². The summed E-state index contributed by atoms with van der Waals surface area (Å²) in [5, 5.41) is 26.8. The topological polar surface area (TPSA) is 145 Å². The predicted octanol–water partition coefficient (Wildman–Crippen LogP) is 2.73. The van der Waals surface area contributed by atoms with Gasteiger partial charge in [-0.05, 0) is 80.4 Å². The molecule has 2 aliphatic heterocycles. The molecular weight excluding hydrogens is 468 g/mol. The van der Waals surface area contributed by atoms with Gasteiger partial charge in [-0.2, -0.15) is 5.10 Å². The molecule has 0 radical (unpaired) electrons. The molecule has 3 aromatic rings. The van der Waals surface area contributed by atoms with Gasteiger partial charge in [0.05, 0.1) is 11.3 Å². The van der Waals surface area contributed by atoms with E-state index in [2.05, 4.69) is 26.1 Å². The Kier molecular flexibility index (Phi) is 6.31. The average Bonchev–Trinajstić information content (AvgIpc) is 3.31. The number of rotatable bonds is 6. The highest BCUT2D eigenvalue weighted by atomic mass is 16.3. The number of aromatic hydroxyl groups is 1. The van der Waals surface area contributed by atoms with Crippen LogP contribution in [0, 0.1) is 0 Å². The number of nitrogens with two attached hydrogens (primary N) is 1. The minimum absolute atomic E-state index is 0.103. The van der Waals surface area contributed by atoms with Gasteiger partial charge in [0.1, 0.15) is 5.75 Å². The van der Waals surface area contributed by atoms with E-state index in [0.29, 0.717) is 28.3 Å². The molecule has 9 heteroatoms. The lowest BCUT2D eigenvalue weighted by Gasteiger charge is -2.39. The first-order valence-corrected chi connectivity index (χ1v) is 12.3. The van der Waals surface area contributed by atoms with E-state index in [4.69, 9.17) is 5.73 Å². The Bertz CT molecular complexity index is 1370. The van der Waals surface area contributed by atoms with Crippen molar-refractivity contribution in [2.75, 3.05) is 18.4 Å². The number of aromatic nitrogens is 2. The van der Waals surface area contributed by atoms with Crippen molar-refractivity contribution < 1.29 is 14.7 Å². The van der Waals surface area contributed by atoms with Crippen molar-refractivity contribution in [2.45, 2.75) is 30.7 Å². The second-order valence-corrected chi connectivity index (χ2v) is 9.77. The first kappa shape index (κ1) is 24.3. The number of nitrogens with zero attached hydrogens (tertiary/aromatic N) is 1. The van der Waals surface area contributed by atoms with Gasteiger partial charge in [0.2, 0.25) is 11.8 Å². The van der Waals surface area contributed by atoms with E-state index < -0.39 is 22.8 Å². The molecule has 5 rings (SSSR count). The Morgan fingerprint density at radius 3 is 2.43 bits per heavy atom. The molecule has 3 heterocycles. The number of hydrogen-bond acceptors (Lipinski definition) is 6. The van der Waals surface area contributed by atoms with Crippen LogP contribution in [0.25, 0.3) is 17.8 Å². The summed E-state index contributed by atoms with van der Waals surface area (Å²) in [6.07, 6.45) is 6.68. The standard InChI is InChI=1S/C28H30N6O3/c1-27(13-15-30-16-14-27)32-26(37)28(25(29)36)17-22(19-8-10-20(35)11-9-19)31-24-23(28)21(33-34-24)12-7-18-5-3-2-4-6-18/h2-12,17,30,35H,13-16H2,1H3,(H2,29,36)(H,32,37)(H2,31,33,34)/b12-7+. The maximum absolute atomic E-state index is 14.1. The number of H-pyrrole nitrogens is 1. The monoisotopic (exact) mass is 498 g/mol. The molecule has 1 aromatic heterocycles. The number of primary amides is 1. The Morgan fingerprint density at radius 2 is 1.76 bits per heavy atom. The molecule has 190 valence electrons. The van der Waals surface area contributed by atoms with Gasteiger partial charge in [-0.3, -0.25) is 14.7 Å². The summed E-state index contributed by atoms with van der Waals surface area (Å²) in [6, 6.07) is 16.1. The maximum Gasteiger partial charge on any atom is 0.244 e. The highest BCUT2D eigenvalue weighted by Crippen LogP contribution is 2.42. The van der Waals surface area contributed by atoms with Gasteiger partial charge >= 0.3 is 0 Å². The number of benzene rings is 2. The number of phenols is 1. The minimum Gasteiger partial charge on any atom is -0.508 e. The van der Waals surface area contributed by atoms with Crippen LogP contribution >= 0.6 is 0 Å². The van der Waals surface area contributed by atoms with Crippen LogP contribution in [0.2, 0.25) is 0 Å². The third-order valence-electron chi connectivity index (χ3n) is 7.09. The van der Waals surface area contributed by atoms with Crippen molar-refractivity contribution in [1.82, 2.24) is 20.8 Å². The van der Waals surface area contributed by atoms with E-state index in [1.165, 1.54) is 12.1 Å². The summed E-state index contributed by atoms with van der Waals surface area (Å²) in [5.74, 6) is -0.870. The van der Waals surface area contributed by atoms with Crippen LogP contribution in [-0.2, 0) is 15.0 Å². The number of hydrogen-bond donors (Lipinski definition) is 6. The van der Waals surface area contributed by atoms with Gasteiger partial charge < -0.3 is 26.8 Å². The van der Waals surface area contributed by atoms with E-state index in [1.54, 1.807) is 24.3 Å². The molecule has 7 N–H and O–H groups in total. The first-order valence-electron chi connectivity index (χ1n) is 12.3. The van der Waals surface area contributed by atoms with Crippen molar-refractivity contribution >= 4 is 35.5 Å². The molecule has 1 atom stereocenters. The fourth-order valence-corrected chi connectivity index (χ4v) is 4.92. The SMILES string of the molecule is CC1(NC(=O)C2(C(N)=O)C=C(c3ccc(O)cc3)Nc3n[nH]c(/C=C/c4ccccc4)c32)CCNCC1. The molecule has 0 spiro atoms. The zero-order chi connectivity index (χ0) is 26.0. The van der Waals surface area contributed by atoms with E-state index in [-0.39, 0.29) is 5.75 Å². The molecule has 1 saturated heterocycles. The summed E-state index contributed by atoms with van der Waals surface area (Å²) in [5.41, 5.74) is 6.72. The molecule has 37 heavy (non-hydrogen) atoms. The van der Waals surface area contributed by atoms with Gasteiger partial charge in [0, 0.05) is 11.2 Å². The smallest absolute Gasteiger partial charge is 0.244 e. The number of carbonyl (C=O) groups excluding carboxylic acids is 2. The molecule has 0 saturated carbocycles. The van der Waals surface area contributed by atoms with Crippen LogP contribution < -0.4 is 21.7 Å². The molecule has 1 unspecified atom stereocenters. The first-order chi connectivity index (χ1) is 17.8. The van der Waals surface area contributed by atoms with Gasteiger partial charge in [-0.1, -0.05) is 36.4 Å². The van der Waals surface area contributed by atoms with Crippen LogP contribution in [0.3, 0.4) is 0 Å². The van der Waals surface area contributed by atoms with Crippen LogP contribution in [-0.4, -0.2) is 45.7 Å². The van der Waals surface area contributed by atoms with E-state index in [0.717, 1.165) is 31.5 Å². The highest BCUT2D eigenvalue weighted by Gasteiger charge is 2.52. The summed E-state index contributed by atoms with van der Waals surface area (Å²) in [7, 11) is 0. The zero-order valence-electron chi connectivity index (χ0n) is 20.5. The molecule has 0 aliphatic carbocycles. The number of nitrogens with one attached hydrogen (secondary N) is 4. The van der Waals surface area contributed by atoms with Gasteiger partial charge in [0.15, 0.2) is 11.2 Å². The second-order valence-electron chi connectivity index (χ2n) is 9.77. The molecule has 9 nitrogen and oxygen atoms in total. The Balaban J connectivity index is 1.64. The lowest BCUT2D eigenvalue weighted by atomic mass is 9.74. The number of fused-ring (bicyclic) bond motifs is 1. The lowest BCUT2D eigenvalue weighted by molar-refractivity contribution is -0.135. The zero-order valence-corrected chi connectivity index (χ0v) is 20.5. The second kappa shape index (κ2) is 9.59. The van der Waals surface area contributed by atoms with Gasteiger partial charge in [-0.15, -0.1) is 0 Å². The third kappa shape index (κ3) is 4.61. The number of anilines is 1. The van der Waals surface area contributed by atoms with E-state index in [1.807, 2.05) is 43.3 Å². The Hall–Kier alpha value is -4.37. The number of phenolic OH excluding ortho intramolecular Hbond substituents is 1. The van der Waals surface area contributed by atoms with Gasteiger partial charge in [-0.25, -0.2) is 0 Å². The summed E-state index contributed by atoms with van der Waals surface area (Å²) < 4.78 is 0. The minimum atomic E-state index is -1.83. The molecule has 2 amide bonds. The molecule has 1 fully saturated rings. The average molecular weight is 499 g/mol. The molecular formula is C28H30N6O3. The largest absolute Gasteiger partial charge is 0.508 e. The van der Waals surface area contributed by atoms with E-state index in [9.17, 15) is 14.7 Å². The summed E-state index contributed by atoms with van der Waals surface area (Å²) >= 11 is 0. The quantitative estimate of drug-likeness (QED) is 0.288. The van der Waals surface area contributed by atoms with Crippen molar-refractivity contribution in [2.24, 2.45) is 5.73 Å². The van der Waals surface area contributed by atoms with E-state index >= 15 is 0 Å². The Labute approximate surface area is 214 Å². The van der Waals surface area contributed by atoms with Crippen molar-refractivity contribution in [3.05, 3.63) is 83.1 Å². The molecule has 0 bridgehead atoms. The van der Waals surface area contributed by atoms with Crippen molar-refractivity contribution in [1.29, 1.82) is 0 Å². The van der Waals surface area contributed by atoms with Gasteiger partial charge in [0.25, 0.3) is 0 Å². The number of piperidine rings is 1. The highest BCUT2D eigenvalue weighted by molar-refractivity contribution is 6.17. The fraction of sp³-hybridized carbons (Fsp3) is 0.250. The number of carbonyl (C=O) groups is 2. The maximum atomic E-state index is 14.1. The predicted molar refractivity (Wildman–Crippen MR) is 143 cm³/mol. The normalized spacial score (nSPS) is 20.5. The van der Waals surface area contributed by atoms with Crippen LogP contribution in [0.4, 0.5) is 5.82 Å². The Morgan fingerprint density at radius 1 is 1.05 bits per heavy atom. The van der Waals surface area contributed by atoms with Crippen LogP contribution in [0.5, 0.6) is 5.75 Å². The van der Waals surface area contributed by atoms with Crippen LogP contribution in [0.1, 0.15) is 42.1 Å². The third-order valence-corrected chi connectivity index (χ3v) is 7.09.